The number of nitrogens with zero attached hydrogens (tertiary/aromatic N) is 1. The molecule has 0 aromatic heterocycles. The van der Waals surface area contributed by atoms with Crippen LogP contribution in [-0.4, -0.2) is 49.8 Å². The van der Waals surface area contributed by atoms with Gasteiger partial charge in [-0.2, -0.15) is 0 Å². The number of imide groups is 1. The molecule has 4 aliphatic rings. The molecule has 5 rings (SSSR count). The lowest BCUT2D eigenvalue weighted by Gasteiger charge is -2.34. The number of ether oxygens (including phenoxy) is 3. The lowest BCUT2D eigenvalue weighted by molar-refractivity contribution is -0.874. The number of carbonyl (C=O) groups excluding carboxylic acids is 2. The maximum absolute atomic E-state index is 13.3. The Bertz CT molecular complexity index is 846. The summed E-state index contributed by atoms with van der Waals surface area (Å²) in [5, 5.41) is 0. The number of fused-ring (bicyclic) bond motifs is 1. The number of hydrogen-bond acceptors (Lipinski definition) is 5. The summed E-state index contributed by atoms with van der Waals surface area (Å²) in [4.78, 5) is 28.9. The molecule has 3 heterocycles. The Kier molecular flexibility index (Phi) is 5.01. The molecule has 154 valence electrons. The van der Waals surface area contributed by atoms with Crippen molar-refractivity contribution in [2.45, 2.75) is 32.2 Å². The van der Waals surface area contributed by atoms with Crippen molar-refractivity contribution >= 4 is 11.8 Å². The first-order valence-corrected chi connectivity index (χ1v) is 10.6. The molecule has 0 saturated carbocycles. The summed E-state index contributed by atoms with van der Waals surface area (Å²) in [6.45, 7) is 3.90. The number of benzene rings is 1. The van der Waals surface area contributed by atoms with Crippen molar-refractivity contribution in [3.63, 3.8) is 0 Å². The number of allylic oxidation sites excluding steroid dienone is 2. The van der Waals surface area contributed by atoms with E-state index in [1.165, 1.54) is 15.5 Å². The second-order valence-corrected chi connectivity index (χ2v) is 8.23. The zero-order chi connectivity index (χ0) is 19.8. The van der Waals surface area contributed by atoms with Gasteiger partial charge in [0.2, 0.25) is 18.6 Å². The van der Waals surface area contributed by atoms with Gasteiger partial charge in [0.1, 0.15) is 18.8 Å². The van der Waals surface area contributed by atoms with Crippen LogP contribution in [0.1, 0.15) is 31.2 Å². The number of quaternary nitrogens is 1. The van der Waals surface area contributed by atoms with Crippen LogP contribution in [0.5, 0.6) is 11.5 Å². The number of likely N-dealkylation sites (tertiary alicyclic amines) is 1. The molecule has 0 spiro atoms. The van der Waals surface area contributed by atoms with Crippen LogP contribution in [0.4, 0.5) is 0 Å². The van der Waals surface area contributed by atoms with E-state index < -0.39 is 0 Å². The smallest absolute Gasteiger partial charge is 0.233 e. The van der Waals surface area contributed by atoms with Crippen LogP contribution in [0.2, 0.25) is 0 Å². The first kappa shape index (κ1) is 18.6. The zero-order valence-corrected chi connectivity index (χ0v) is 16.5. The van der Waals surface area contributed by atoms with Gasteiger partial charge >= 0.3 is 0 Å². The highest BCUT2D eigenvalue weighted by Gasteiger charge is 2.46. The summed E-state index contributed by atoms with van der Waals surface area (Å²) in [6.07, 6.45) is 5.75. The molecule has 0 unspecified atom stereocenters. The Labute approximate surface area is 170 Å². The number of nitrogens with one attached hydrogen (secondary N) is 1. The molecule has 2 atom stereocenters. The van der Waals surface area contributed by atoms with Gasteiger partial charge in [-0.15, -0.1) is 0 Å². The molecular formula is C22H27N2O5+. The largest absolute Gasteiger partial charge is 0.454 e. The van der Waals surface area contributed by atoms with Crippen LogP contribution in [-0.2, 0) is 20.9 Å². The van der Waals surface area contributed by atoms with Gasteiger partial charge in [-0.25, -0.2) is 0 Å². The minimum Gasteiger partial charge on any atom is -0.454 e. The molecule has 1 aliphatic carbocycles. The molecule has 1 aromatic rings. The third-order valence-electron chi connectivity index (χ3n) is 6.53. The average Bonchev–Trinajstić information content (AvgIpc) is 3.34. The predicted molar refractivity (Wildman–Crippen MR) is 103 cm³/mol. The van der Waals surface area contributed by atoms with Gasteiger partial charge in [0.15, 0.2) is 11.5 Å². The van der Waals surface area contributed by atoms with Crippen molar-refractivity contribution in [1.29, 1.82) is 0 Å². The highest BCUT2D eigenvalue weighted by atomic mass is 16.7. The Morgan fingerprint density at radius 3 is 2.76 bits per heavy atom. The van der Waals surface area contributed by atoms with Gasteiger partial charge in [-0.05, 0) is 43.0 Å². The van der Waals surface area contributed by atoms with Crippen LogP contribution in [0.3, 0.4) is 0 Å². The molecule has 1 aromatic carbocycles. The van der Waals surface area contributed by atoms with Crippen molar-refractivity contribution in [2.24, 2.45) is 11.8 Å². The summed E-state index contributed by atoms with van der Waals surface area (Å²) >= 11 is 0. The lowest BCUT2D eigenvalue weighted by Crippen LogP contribution is -3.13. The zero-order valence-electron chi connectivity index (χ0n) is 16.5. The van der Waals surface area contributed by atoms with Crippen molar-refractivity contribution in [3.05, 3.63) is 35.5 Å². The maximum atomic E-state index is 13.3. The third kappa shape index (κ3) is 3.53. The van der Waals surface area contributed by atoms with Crippen LogP contribution < -0.4 is 14.4 Å². The Hall–Kier alpha value is -2.38. The van der Waals surface area contributed by atoms with E-state index >= 15 is 0 Å². The summed E-state index contributed by atoms with van der Waals surface area (Å²) < 4.78 is 16.3. The van der Waals surface area contributed by atoms with Crippen molar-refractivity contribution < 1.29 is 28.7 Å². The van der Waals surface area contributed by atoms with E-state index in [2.05, 4.69) is 6.08 Å². The van der Waals surface area contributed by atoms with E-state index in [4.69, 9.17) is 14.2 Å². The summed E-state index contributed by atoms with van der Waals surface area (Å²) in [5.41, 5.74) is 2.21. The number of carbonyl (C=O) groups is 2. The molecule has 0 bridgehead atoms. The highest BCUT2D eigenvalue weighted by molar-refractivity contribution is 6.03. The fourth-order valence-corrected chi connectivity index (χ4v) is 5.04. The highest BCUT2D eigenvalue weighted by Crippen LogP contribution is 2.37. The normalized spacial score (nSPS) is 27.4. The maximum Gasteiger partial charge on any atom is 0.233 e. The Morgan fingerprint density at radius 1 is 1.07 bits per heavy atom. The fraction of sp³-hybridized carbons (Fsp3) is 0.545. The van der Waals surface area contributed by atoms with E-state index in [1.807, 2.05) is 18.2 Å². The monoisotopic (exact) mass is 399 g/mol. The van der Waals surface area contributed by atoms with Gasteiger partial charge in [-0.3, -0.25) is 14.5 Å². The van der Waals surface area contributed by atoms with E-state index in [9.17, 15) is 9.59 Å². The van der Waals surface area contributed by atoms with E-state index in [1.54, 1.807) is 0 Å². The molecule has 2 amide bonds. The van der Waals surface area contributed by atoms with Gasteiger partial charge < -0.3 is 19.1 Å². The SMILES string of the molecule is O=C1C[C@@H]([C@H]2CCCC=C2[NH+]2CCOCC2)C(=O)N1Cc1ccc2c(c1)OCO2. The van der Waals surface area contributed by atoms with Crippen LogP contribution >= 0.6 is 0 Å². The van der Waals surface area contributed by atoms with Crippen molar-refractivity contribution in [2.75, 3.05) is 33.1 Å². The molecule has 29 heavy (non-hydrogen) atoms. The van der Waals surface area contributed by atoms with Gasteiger partial charge in [0, 0.05) is 12.3 Å². The molecule has 7 nitrogen and oxygen atoms in total. The summed E-state index contributed by atoms with van der Waals surface area (Å²) in [7, 11) is 0. The standard InChI is InChI=1S/C22H26N2O5/c25-21-12-17(16-3-1-2-4-18(16)23-7-9-27-10-8-23)22(26)24(21)13-15-5-6-19-20(11-15)29-14-28-19/h4-6,11,16-17H,1-3,7-10,12-14H2/p+1/t16-,17+/m1/s1. The molecule has 2 fully saturated rings. The number of hydrogen-bond donors (Lipinski definition) is 1. The molecule has 3 aliphatic heterocycles. The topological polar surface area (TPSA) is 69.5 Å². The van der Waals surface area contributed by atoms with Crippen LogP contribution in [0.15, 0.2) is 30.0 Å². The molecular weight excluding hydrogens is 372 g/mol. The Morgan fingerprint density at radius 2 is 1.90 bits per heavy atom. The minimum atomic E-state index is -0.238. The van der Waals surface area contributed by atoms with E-state index in [-0.39, 0.29) is 30.4 Å². The molecule has 7 heteroatoms. The Balaban J connectivity index is 1.33. The predicted octanol–water partition coefficient (Wildman–Crippen LogP) is 0.890. The van der Waals surface area contributed by atoms with Crippen molar-refractivity contribution in [3.8, 4) is 11.5 Å². The van der Waals surface area contributed by atoms with Crippen LogP contribution in [0, 0.1) is 11.8 Å². The van der Waals surface area contributed by atoms with Gasteiger partial charge in [0.05, 0.1) is 25.7 Å². The fourth-order valence-electron chi connectivity index (χ4n) is 5.04. The van der Waals surface area contributed by atoms with Crippen LogP contribution in [0.25, 0.3) is 0 Å². The van der Waals surface area contributed by atoms with Gasteiger partial charge in [0.25, 0.3) is 0 Å². The van der Waals surface area contributed by atoms with E-state index in [0.717, 1.165) is 51.1 Å². The average molecular weight is 399 g/mol. The van der Waals surface area contributed by atoms with E-state index in [0.29, 0.717) is 24.5 Å². The third-order valence-corrected chi connectivity index (χ3v) is 6.53. The first-order valence-electron chi connectivity index (χ1n) is 10.6. The second kappa shape index (κ2) is 7.80. The van der Waals surface area contributed by atoms with Gasteiger partial charge in [-0.1, -0.05) is 6.07 Å². The summed E-state index contributed by atoms with van der Waals surface area (Å²) in [6, 6.07) is 5.59. The summed E-state index contributed by atoms with van der Waals surface area (Å²) in [5.74, 6) is 1.20. The first-order chi connectivity index (χ1) is 14.2. The molecule has 1 N–H and O–H groups in total. The quantitative estimate of drug-likeness (QED) is 0.762. The second-order valence-electron chi connectivity index (χ2n) is 8.23. The number of morpholine rings is 1. The number of rotatable bonds is 4. The lowest BCUT2D eigenvalue weighted by atomic mass is 9.80. The molecule has 2 saturated heterocycles. The minimum absolute atomic E-state index is 0.0295. The number of amides is 2. The van der Waals surface area contributed by atoms with Crippen molar-refractivity contribution in [1.82, 2.24) is 4.90 Å². The molecule has 0 radical (unpaired) electrons.